The Morgan fingerprint density at radius 2 is 2.20 bits per heavy atom. The number of ether oxygens (including phenoxy) is 1. The van der Waals surface area contributed by atoms with E-state index in [-0.39, 0.29) is 11.9 Å². The number of nitrogens with one attached hydrogen (secondary N) is 1. The van der Waals surface area contributed by atoms with Gasteiger partial charge in [0.2, 0.25) is 0 Å². The zero-order valence-corrected chi connectivity index (χ0v) is 12.8. The maximum Gasteiger partial charge on any atom is 0.256 e. The van der Waals surface area contributed by atoms with Crippen LogP contribution in [0.25, 0.3) is 0 Å². The highest BCUT2D eigenvalue weighted by molar-refractivity contribution is 6.00. The number of carbonyl (C=O) groups excluding carboxylic acids is 1. The number of nitrogen functional groups attached to an aromatic ring is 1. The smallest absolute Gasteiger partial charge is 0.256 e. The van der Waals surface area contributed by atoms with Gasteiger partial charge >= 0.3 is 0 Å². The van der Waals surface area contributed by atoms with Crippen LogP contribution >= 0.6 is 0 Å². The first kappa shape index (κ1) is 16.5. The Bertz CT molecular complexity index is 449. The number of nitrogens with zero attached hydrogens (tertiary/aromatic N) is 1. The van der Waals surface area contributed by atoms with Crippen LogP contribution in [0.5, 0.6) is 0 Å². The van der Waals surface area contributed by atoms with E-state index in [0.29, 0.717) is 24.4 Å². The summed E-state index contributed by atoms with van der Waals surface area (Å²) >= 11 is 0. The molecule has 0 aliphatic heterocycles. The minimum Gasteiger partial charge on any atom is -0.383 e. The van der Waals surface area contributed by atoms with Crippen LogP contribution in [0.1, 0.15) is 36.2 Å². The van der Waals surface area contributed by atoms with Crippen molar-refractivity contribution in [2.75, 3.05) is 25.7 Å². The molecular formula is C15H25N3O2. The summed E-state index contributed by atoms with van der Waals surface area (Å²) in [6, 6.07) is 5.77. The van der Waals surface area contributed by atoms with Crippen molar-refractivity contribution in [2.24, 2.45) is 5.84 Å². The molecule has 0 bridgehead atoms. The van der Waals surface area contributed by atoms with Gasteiger partial charge in [0.05, 0.1) is 17.9 Å². The average Bonchev–Trinajstić information content (AvgIpc) is 2.46. The molecule has 1 amide bonds. The highest BCUT2D eigenvalue weighted by atomic mass is 16.5. The Kier molecular flexibility index (Phi) is 6.48. The number of methoxy groups -OCH3 is 1. The number of hydrogen-bond acceptors (Lipinski definition) is 4. The molecular weight excluding hydrogens is 254 g/mol. The molecule has 3 N–H and O–H groups in total. The van der Waals surface area contributed by atoms with Gasteiger partial charge in [0.15, 0.2) is 0 Å². The van der Waals surface area contributed by atoms with E-state index in [2.05, 4.69) is 12.3 Å². The Morgan fingerprint density at radius 3 is 2.75 bits per heavy atom. The van der Waals surface area contributed by atoms with E-state index in [9.17, 15) is 4.79 Å². The first-order valence-electron chi connectivity index (χ1n) is 6.92. The van der Waals surface area contributed by atoms with Crippen LogP contribution in [-0.2, 0) is 4.74 Å². The number of rotatable bonds is 7. The Morgan fingerprint density at radius 1 is 1.50 bits per heavy atom. The lowest BCUT2D eigenvalue weighted by Crippen LogP contribution is -2.41. The topological polar surface area (TPSA) is 67.6 Å². The minimum absolute atomic E-state index is 0.0203. The SMILES string of the molecule is CCC(C)N(CCOC)C(=O)c1cc(C)ccc1NN. The van der Waals surface area contributed by atoms with Crippen molar-refractivity contribution in [3.05, 3.63) is 29.3 Å². The van der Waals surface area contributed by atoms with Gasteiger partial charge in [-0.15, -0.1) is 0 Å². The number of benzene rings is 1. The highest BCUT2D eigenvalue weighted by Gasteiger charge is 2.22. The van der Waals surface area contributed by atoms with Crippen molar-refractivity contribution < 1.29 is 9.53 Å². The predicted molar refractivity (Wildman–Crippen MR) is 81.7 cm³/mol. The van der Waals surface area contributed by atoms with Gasteiger partial charge < -0.3 is 15.1 Å². The highest BCUT2D eigenvalue weighted by Crippen LogP contribution is 2.20. The monoisotopic (exact) mass is 279 g/mol. The Labute approximate surface area is 121 Å². The zero-order valence-electron chi connectivity index (χ0n) is 12.8. The molecule has 0 fully saturated rings. The molecule has 0 spiro atoms. The van der Waals surface area contributed by atoms with Crippen molar-refractivity contribution in [3.63, 3.8) is 0 Å². The summed E-state index contributed by atoms with van der Waals surface area (Å²) in [7, 11) is 1.64. The van der Waals surface area contributed by atoms with Crippen LogP contribution < -0.4 is 11.3 Å². The van der Waals surface area contributed by atoms with Crippen molar-refractivity contribution in [1.82, 2.24) is 4.90 Å². The molecule has 5 heteroatoms. The molecule has 1 rings (SSSR count). The second kappa shape index (κ2) is 7.87. The molecule has 1 unspecified atom stereocenters. The van der Waals surface area contributed by atoms with Gasteiger partial charge in [0.1, 0.15) is 0 Å². The lowest BCUT2D eigenvalue weighted by molar-refractivity contribution is 0.0615. The normalized spacial score (nSPS) is 12.1. The molecule has 1 atom stereocenters. The molecule has 0 heterocycles. The van der Waals surface area contributed by atoms with Crippen LogP contribution in [0, 0.1) is 6.92 Å². The second-order valence-corrected chi connectivity index (χ2v) is 4.94. The lowest BCUT2D eigenvalue weighted by Gasteiger charge is -2.29. The largest absolute Gasteiger partial charge is 0.383 e. The summed E-state index contributed by atoms with van der Waals surface area (Å²) < 4.78 is 5.10. The van der Waals surface area contributed by atoms with E-state index < -0.39 is 0 Å². The number of amides is 1. The molecule has 1 aromatic carbocycles. The van der Waals surface area contributed by atoms with Gasteiger partial charge in [-0.2, -0.15) is 0 Å². The van der Waals surface area contributed by atoms with Crippen LogP contribution in [0.15, 0.2) is 18.2 Å². The maximum absolute atomic E-state index is 12.8. The molecule has 112 valence electrons. The van der Waals surface area contributed by atoms with E-state index in [0.717, 1.165) is 12.0 Å². The zero-order chi connectivity index (χ0) is 15.1. The number of carbonyl (C=O) groups is 1. The third kappa shape index (κ3) is 3.95. The summed E-state index contributed by atoms with van der Waals surface area (Å²) in [6.07, 6.45) is 0.895. The van der Waals surface area contributed by atoms with E-state index in [4.69, 9.17) is 10.6 Å². The van der Waals surface area contributed by atoms with Crippen molar-refractivity contribution in [1.29, 1.82) is 0 Å². The van der Waals surface area contributed by atoms with Crippen molar-refractivity contribution >= 4 is 11.6 Å². The van der Waals surface area contributed by atoms with Gasteiger partial charge in [-0.3, -0.25) is 10.6 Å². The first-order chi connectivity index (χ1) is 9.54. The fourth-order valence-corrected chi connectivity index (χ4v) is 2.05. The molecule has 0 saturated carbocycles. The molecule has 0 radical (unpaired) electrons. The third-order valence-corrected chi connectivity index (χ3v) is 3.48. The van der Waals surface area contributed by atoms with Crippen LogP contribution in [-0.4, -0.2) is 37.1 Å². The van der Waals surface area contributed by atoms with Gasteiger partial charge in [-0.1, -0.05) is 18.6 Å². The van der Waals surface area contributed by atoms with Gasteiger partial charge in [-0.25, -0.2) is 0 Å². The summed E-state index contributed by atoms with van der Waals surface area (Å²) in [5, 5.41) is 0. The molecule has 0 aromatic heterocycles. The summed E-state index contributed by atoms with van der Waals surface area (Å²) in [6.45, 7) is 7.16. The molecule has 5 nitrogen and oxygen atoms in total. The van der Waals surface area contributed by atoms with Crippen LogP contribution in [0.2, 0.25) is 0 Å². The molecule has 0 aliphatic carbocycles. The quantitative estimate of drug-likeness (QED) is 0.593. The standard InChI is InChI=1S/C15H25N3O2/c1-5-12(3)18(8-9-20-4)15(19)13-10-11(2)6-7-14(13)17-16/h6-7,10,12,17H,5,8-9,16H2,1-4H3. The number of nitrogens with two attached hydrogens (primary N) is 1. The number of hydrazine groups is 1. The van der Waals surface area contributed by atoms with E-state index >= 15 is 0 Å². The van der Waals surface area contributed by atoms with Gasteiger partial charge in [0, 0.05) is 19.7 Å². The molecule has 0 aliphatic rings. The fraction of sp³-hybridized carbons (Fsp3) is 0.533. The third-order valence-electron chi connectivity index (χ3n) is 3.48. The lowest BCUT2D eigenvalue weighted by atomic mass is 10.1. The van der Waals surface area contributed by atoms with Gasteiger partial charge in [-0.05, 0) is 32.4 Å². The summed E-state index contributed by atoms with van der Waals surface area (Å²) in [5.74, 6) is 5.48. The molecule has 0 saturated heterocycles. The number of aryl methyl sites for hydroxylation is 1. The van der Waals surface area contributed by atoms with Gasteiger partial charge in [0.25, 0.3) is 5.91 Å². The minimum atomic E-state index is -0.0203. The predicted octanol–water partition coefficient (Wildman–Crippen LogP) is 2.17. The van der Waals surface area contributed by atoms with Crippen molar-refractivity contribution in [2.45, 2.75) is 33.2 Å². The van der Waals surface area contributed by atoms with Crippen LogP contribution in [0.3, 0.4) is 0 Å². The Hall–Kier alpha value is -1.59. The summed E-state index contributed by atoms with van der Waals surface area (Å²) in [5.41, 5.74) is 4.87. The average molecular weight is 279 g/mol. The van der Waals surface area contributed by atoms with Crippen LogP contribution in [0.4, 0.5) is 5.69 Å². The van der Waals surface area contributed by atoms with Crippen molar-refractivity contribution in [3.8, 4) is 0 Å². The molecule has 1 aromatic rings. The first-order valence-corrected chi connectivity index (χ1v) is 6.92. The fourth-order valence-electron chi connectivity index (χ4n) is 2.05. The maximum atomic E-state index is 12.8. The summed E-state index contributed by atoms with van der Waals surface area (Å²) in [4.78, 5) is 14.6. The Balaban J connectivity index is 3.07. The number of hydrogen-bond donors (Lipinski definition) is 2. The van der Waals surface area contributed by atoms with E-state index in [1.165, 1.54) is 0 Å². The van der Waals surface area contributed by atoms with E-state index in [1.54, 1.807) is 7.11 Å². The van der Waals surface area contributed by atoms with E-state index in [1.807, 2.05) is 36.9 Å². The second-order valence-electron chi connectivity index (χ2n) is 4.94. The molecule has 20 heavy (non-hydrogen) atoms. The number of anilines is 1.